The fourth-order valence-electron chi connectivity index (χ4n) is 1.35. The summed E-state index contributed by atoms with van der Waals surface area (Å²) < 4.78 is 5.04. The van der Waals surface area contributed by atoms with Crippen molar-refractivity contribution in [2.24, 2.45) is 5.92 Å². The smallest absolute Gasteiger partial charge is 0.0873 e. The first-order valence-electron chi connectivity index (χ1n) is 5.50. The van der Waals surface area contributed by atoms with E-state index in [2.05, 4.69) is 20.4 Å². The third kappa shape index (κ3) is 11.5. The molecular weight excluding hydrogens is 160 g/mol. The maximum absolute atomic E-state index is 5.04. The highest BCUT2D eigenvalue weighted by Gasteiger charge is 1.94. The molecule has 78 valence electrons. The second-order valence-electron chi connectivity index (χ2n) is 3.99. The van der Waals surface area contributed by atoms with E-state index in [1.807, 2.05) is 0 Å². The first kappa shape index (κ1) is 12.5. The molecule has 0 aliphatic carbocycles. The van der Waals surface area contributed by atoms with Crippen molar-refractivity contribution in [2.75, 3.05) is 6.61 Å². The van der Waals surface area contributed by atoms with E-state index < -0.39 is 0 Å². The molecule has 0 aromatic carbocycles. The lowest BCUT2D eigenvalue weighted by atomic mass is 10.0. The van der Waals surface area contributed by atoms with Crippen molar-refractivity contribution in [1.29, 1.82) is 0 Å². The quantitative estimate of drug-likeness (QED) is 0.386. The van der Waals surface area contributed by atoms with Crippen LogP contribution in [0.1, 0.15) is 52.4 Å². The topological polar surface area (TPSA) is 9.23 Å². The van der Waals surface area contributed by atoms with Crippen molar-refractivity contribution < 1.29 is 4.74 Å². The zero-order valence-corrected chi connectivity index (χ0v) is 9.22. The number of unbranched alkanes of at least 4 members (excludes halogenated alkanes) is 4. The second-order valence-corrected chi connectivity index (χ2v) is 3.99. The molecule has 0 saturated heterocycles. The average Bonchev–Trinajstić information content (AvgIpc) is 2.09. The van der Waals surface area contributed by atoms with Gasteiger partial charge in [-0.1, -0.05) is 52.5 Å². The predicted molar refractivity (Wildman–Crippen MR) is 58.7 cm³/mol. The molecule has 0 atom stereocenters. The Hall–Kier alpha value is -0.460. The lowest BCUT2D eigenvalue weighted by molar-refractivity contribution is 0.241. The van der Waals surface area contributed by atoms with E-state index >= 15 is 0 Å². The van der Waals surface area contributed by atoms with Crippen LogP contribution in [0.2, 0.25) is 0 Å². The summed E-state index contributed by atoms with van der Waals surface area (Å²) >= 11 is 0. The molecule has 0 N–H and O–H groups in total. The van der Waals surface area contributed by atoms with Crippen LogP contribution in [0.5, 0.6) is 0 Å². The summed E-state index contributed by atoms with van der Waals surface area (Å²) in [5, 5.41) is 0. The third-order valence-corrected chi connectivity index (χ3v) is 2.16. The molecule has 0 amide bonds. The number of hydrogen-bond acceptors (Lipinski definition) is 1. The number of ether oxygens (including phenoxy) is 1. The average molecular weight is 184 g/mol. The normalized spacial score (nSPS) is 10.4. The monoisotopic (exact) mass is 184 g/mol. The SMILES string of the molecule is C=COCCCCCCCC(C)C. The molecule has 0 rings (SSSR count). The fraction of sp³-hybridized carbons (Fsp3) is 0.833. The highest BCUT2D eigenvalue weighted by Crippen LogP contribution is 2.10. The van der Waals surface area contributed by atoms with Gasteiger partial charge in [-0.25, -0.2) is 0 Å². The van der Waals surface area contributed by atoms with Gasteiger partial charge < -0.3 is 4.74 Å². The van der Waals surface area contributed by atoms with Crippen LogP contribution in [0, 0.1) is 5.92 Å². The Bertz CT molecular complexity index is 108. The molecule has 0 saturated carbocycles. The van der Waals surface area contributed by atoms with Crippen molar-refractivity contribution in [3.8, 4) is 0 Å². The Morgan fingerprint density at radius 2 is 1.69 bits per heavy atom. The first-order chi connectivity index (χ1) is 6.27. The molecule has 0 aromatic rings. The van der Waals surface area contributed by atoms with E-state index in [1.165, 1.54) is 44.8 Å². The summed E-state index contributed by atoms with van der Waals surface area (Å²) in [7, 11) is 0. The van der Waals surface area contributed by atoms with Crippen LogP contribution >= 0.6 is 0 Å². The lowest BCUT2D eigenvalue weighted by Crippen LogP contribution is -1.89. The van der Waals surface area contributed by atoms with Gasteiger partial charge in [0.25, 0.3) is 0 Å². The van der Waals surface area contributed by atoms with Crippen LogP contribution in [0.3, 0.4) is 0 Å². The first-order valence-corrected chi connectivity index (χ1v) is 5.50. The van der Waals surface area contributed by atoms with E-state index in [4.69, 9.17) is 4.74 Å². The molecule has 0 spiro atoms. The summed E-state index contributed by atoms with van der Waals surface area (Å²) in [5.41, 5.74) is 0. The molecule has 0 aromatic heterocycles. The zero-order chi connectivity index (χ0) is 9.94. The van der Waals surface area contributed by atoms with Crippen LogP contribution in [0.4, 0.5) is 0 Å². The van der Waals surface area contributed by atoms with Crippen LogP contribution in [0.15, 0.2) is 12.8 Å². The van der Waals surface area contributed by atoms with Crippen molar-refractivity contribution in [2.45, 2.75) is 52.4 Å². The summed E-state index contributed by atoms with van der Waals surface area (Å²) in [4.78, 5) is 0. The summed E-state index contributed by atoms with van der Waals surface area (Å²) in [6, 6.07) is 0. The number of hydrogen-bond donors (Lipinski definition) is 0. The van der Waals surface area contributed by atoms with E-state index in [9.17, 15) is 0 Å². The van der Waals surface area contributed by atoms with Gasteiger partial charge >= 0.3 is 0 Å². The second kappa shape index (κ2) is 9.63. The Kier molecular flexibility index (Phi) is 9.29. The minimum absolute atomic E-state index is 0.841. The van der Waals surface area contributed by atoms with Gasteiger partial charge in [0.15, 0.2) is 0 Å². The zero-order valence-electron chi connectivity index (χ0n) is 9.22. The molecule has 0 unspecified atom stereocenters. The van der Waals surface area contributed by atoms with Gasteiger partial charge in [-0.3, -0.25) is 0 Å². The standard InChI is InChI=1S/C12H24O/c1-4-13-11-9-7-5-6-8-10-12(2)3/h4,12H,1,5-11H2,2-3H3. The molecule has 0 bridgehead atoms. The van der Waals surface area contributed by atoms with E-state index in [-0.39, 0.29) is 0 Å². The van der Waals surface area contributed by atoms with Crippen molar-refractivity contribution in [3.63, 3.8) is 0 Å². The molecule has 13 heavy (non-hydrogen) atoms. The minimum Gasteiger partial charge on any atom is -0.502 e. The Labute approximate surface area is 83.2 Å². The summed E-state index contributed by atoms with van der Waals surface area (Å²) in [6.45, 7) is 8.93. The molecule has 0 aliphatic rings. The third-order valence-electron chi connectivity index (χ3n) is 2.16. The summed E-state index contributed by atoms with van der Waals surface area (Å²) in [5.74, 6) is 0.865. The van der Waals surface area contributed by atoms with Gasteiger partial charge in [0, 0.05) is 0 Å². The molecule has 0 aliphatic heterocycles. The van der Waals surface area contributed by atoms with Crippen molar-refractivity contribution in [3.05, 3.63) is 12.8 Å². The Morgan fingerprint density at radius 3 is 2.31 bits per heavy atom. The van der Waals surface area contributed by atoms with Gasteiger partial charge in [-0.05, 0) is 12.3 Å². The Morgan fingerprint density at radius 1 is 1.08 bits per heavy atom. The highest BCUT2D eigenvalue weighted by molar-refractivity contribution is 4.51. The van der Waals surface area contributed by atoms with Crippen LogP contribution in [-0.2, 0) is 4.74 Å². The molecule has 0 heterocycles. The highest BCUT2D eigenvalue weighted by atomic mass is 16.5. The predicted octanol–water partition coefficient (Wildman–Crippen LogP) is 4.14. The van der Waals surface area contributed by atoms with Crippen LogP contribution < -0.4 is 0 Å². The van der Waals surface area contributed by atoms with Crippen molar-refractivity contribution >= 4 is 0 Å². The van der Waals surface area contributed by atoms with Gasteiger partial charge in [0.1, 0.15) is 0 Å². The fourth-order valence-corrected chi connectivity index (χ4v) is 1.35. The van der Waals surface area contributed by atoms with E-state index in [0.29, 0.717) is 0 Å². The molecule has 0 radical (unpaired) electrons. The van der Waals surface area contributed by atoms with E-state index in [1.54, 1.807) is 0 Å². The lowest BCUT2D eigenvalue weighted by Gasteiger charge is -2.04. The van der Waals surface area contributed by atoms with E-state index in [0.717, 1.165) is 12.5 Å². The maximum Gasteiger partial charge on any atom is 0.0873 e. The van der Waals surface area contributed by atoms with Crippen LogP contribution in [-0.4, -0.2) is 6.61 Å². The molecule has 0 fully saturated rings. The van der Waals surface area contributed by atoms with Crippen LogP contribution in [0.25, 0.3) is 0 Å². The molecule has 1 heteroatoms. The molecule has 1 nitrogen and oxygen atoms in total. The van der Waals surface area contributed by atoms with Crippen molar-refractivity contribution in [1.82, 2.24) is 0 Å². The largest absolute Gasteiger partial charge is 0.502 e. The minimum atomic E-state index is 0.841. The van der Waals surface area contributed by atoms with Gasteiger partial charge in [-0.2, -0.15) is 0 Å². The van der Waals surface area contributed by atoms with Gasteiger partial charge in [0.05, 0.1) is 12.9 Å². The number of rotatable bonds is 9. The molecular formula is C12H24O. The Balaban J connectivity index is 2.87. The van der Waals surface area contributed by atoms with Gasteiger partial charge in [-0.15, -0.1) is 0 Å². The summed E-state index contributed by atoms with van der Waals surface area (Å²) in [6.07, 6.45) is 9.50. The maximum atomic E-state index is 5.04. The van der Waals surface area contributed by atoms with Gasteiger partial charge in [0.2, 0.25) is 0 Å².